The fraction of sp³-hybridized carbons (Fsp3) is 0.0952. The second-order valence-electron chi connectivity index (χ2n) is 6.60. The first-order valence-corrected chi connectivity index (χ1v) is 8.98. The van der Waals surface area contributed by atoms with Gasteiger partial charge in [0, 0.05) is 23.0 Å². The van der Waals surface area contributed by atoms with E-state index in [9.17, 15) is 14.0 Å². The number of carbonyl (C=O) groups excluding carboxylic acids is 1. The molecule has 1 N–H and O–H groups in total. The van der Waals surface area contributed by atoms with Gasteiger partial charge in [-0.05, 0) is 55.5 Å². The molecule has 148 valence electrons. The van der Waals surface area contributed by atoms with Crippen molar-refractivity contribution in [2.75, 3.05) is 5.32 Å². The Kier molecular flexibility index (Phi) is 4.82. The van der Waals surface area contributed by atoms with E-state index in [1.165, 1.54) is 28.7 Å². The smallest absolute Gasteiger partial charge is 0.324 e. The van der Waals surface area contributed by atoms with E-state index < -0.39 is 17.4 Å². The number of halogens is 1. The summed E-state index contributed by atoms with van der Waals surface area (Å²) in [6.07, 6.45) is 0. The molecule has 0 aliphatic carbocycles. The molecule has 0 bridgehead atoms. The molecule has 1 amide bonds. The summed E-state index contributed by atoms with van der Waals surface area (Å²) in [4.78, 5) is 29.7. The van der Waals surface area contributed by atoms with Crippen molar-refractivity contribution in [1.82, 2.24) is 19.2 Å². The number of hydrogen-bond donors (Lipinski definition) is 1. The third-order valence-corrected chi connectivity index (χ3v) is 4.39. The summed E-state index contributed by atoms with van der Waals surface area (Å²) in [7, 11) is 0. The monoisotopic (exact) mass is 402 g/mol. The minimum atomic E-state index is -0.535. The van der Waals surface area contributed by atoms with Gasteiger partial charge in [-0.15, -0.1) is 5.10 Å². The average molecular weight is 402 g/mol. The Bertz CT molecular complexity index is 1350. The highest BCUT2D eigenvalue weighted by Crippen LogP contribution is 2.18. The summed E-state index contributed by atoms with van der Waals surface area (Å²) >= 11 is 0. The third kappa shape index (κ3) is 3.66. The number of aryl methyl sites for hydroxylation is 1. The minimum Gasteiger partial charge on any atom is -0.324 e. The molecule has 0 unspecified atom stereocenters. The number of nitrogens with one attached hydrogen (secondary N) is 1. The number of carbonyl (C=O) groups is 1. The van der Waals surface area contributed by atoms with Crippen LogP contribution in [0.5, 0.6) is 0 Å². The molecule has 4 rings (SSSR count). The molecule has 0 fully saturated rings. The van der Waals surface area contributed by atoms with Gasteiger partial charge in [0.25, 0.3) is 0 Å². The Hall–Kier alpha value is -4.32. The maximum absolute atomic E-state index is 13.3. The second-order valence-corrected chi connectivity index (χ2v) is 6.60. The summed E-state index contributed by atoms with van der Waals surface area (Å²) in [5, 5.41) is 15.7. The Morgan fingerprint density at radius 1 is 1.17 bits per heavy atom. The zero-order valence-electron chi connectivity index (χ0n) is 15.8. The zero-order valence-corrected chi connectivity index (χ0v) is 15.8. The summed E-state index contributed by atoms with van der Waals surface area (Å²) in [5.74, 6) is -0.530. The normalized spacial score (nSPS) is 10.7. The molecule has 0 atom stereocenters. The van der Waals surface area contributed by atoms with E-state index >= 15 is 0 Å². The molecule has 0 aliphatic rings. The molecule has 9 heteroatoms. The molecular weight excluding hydrogens is 387 g/mol. The first kappa shape index (κ1) is 19.0. The molecule has 8 nitrogen and oxygen atoms in total. The molecule has 2 aromatic carbocycles. The fourth-order valence-corrected chi connectivity index (χ4v) is 3.01. The van der Waals surface area contributed by atoms with Crippen LogP contribution in [0.15, 0.2) is 59.4 Å². The number of aromatic nitrogens is 4. The number of amides is 1. The topological polar surface area (TPSA) is 105 Å². The first-order valence-electron chi connectivity index (χ1n) is 8.98. The summed E-state index contributed by atoms with van der Waals surface area (Å²) < 4.78 is 15.6. The average Bonchev–Trinajstić information content (AvgIpc) is 3.03. The maximum Gasteiger partial charge on any atom is 0.352 e. The van der Waals surface area contributed by atoms with Gasteiger partial charge in [0.15, 0.2) is 5.65 Å². The molecule has 4 aromatic rings. The van der Waals surface area contributed by atoms with E-state index in [1.807, 2.05) is 6.07 Å². The van der Waals surface area contributed by atoms with Crippen LogP contribution in [0, 0.1) is 24.1 Å². The van der Waals surface area contributed by atoms with E-state index in [4.69, 9.17) is 5.26 Å². The van der Waals surface area contributed by atoms with E-state index in [2.05, 4.69) is 15.4 Å². The number of benzene rings is 2. The Balaban J connectivity index is 1.67. The van der Waals surface area contributed by atoms with Crippen molar-refractivity contribution in [3.8, 4) is 17.5 Å². The number of rotatable bonds is 4. The van der Waals surface area contributed by atoms with E-state index in [0.29, 0.717) is 34.0 Å². The van der Waals surface area contributed by atoms with Gasteiger partial charge in [-0.1, -0.05) is 0 Å². The van der Waals surface area contributed by atoms with Crippen molar-refractivity contribution in [3.05, 3.63) is 82.2 Å². The number of hydrogen-bond acceptors (Lipinski definition) is 5. The van der Waals surface area contributed by atoms with Crippen molar-refractivity contribution in [2.45, 2.75) is 13.5 Å². The lowest BCUT2D eigenvalue weighted by atomic mass is 10.2. The number of nitriles is 1. The van der Waals surface area contributed by atoms with E-state index in [0.717, 1.165) is 4.68 Å². The van der Waals surface area contributed by atoms with E-state index in [-0.39, 0.29) is 6.54 Å². The van der Waals surface area contributed by atoms with Gasteiger partial charge in [0.1, 0.15) is 18.2 Å². The van der Waals surface area contributed by atoms with Crippen LogP contribution in [-0.2, 0) is 11.3 Å². The molecule has 0 saturated carbocycles. The minimum absolute atomic E-state index is 0.303. The Morgan fingerprint density at radius 3 is 2.53 bits per heavy atom. The summed E-state index contributed by atoms with van der Waals surface area (Å²) in [5.41, 5.74) is 1.95. The van der Waals surface area contributed by atoms with Gasteiger partial charge in [-0.25, -0.2) is 23.3 Å². The lowest BCUT2D eigenvalue weighted by Crippen LogP contribution is -2.28. The van der Waals surface area contributed by atoms with Crippen molar-refractivity contribution < 1.29 is 9.18 Å². The highest BCUT2D eigenvalue weighted by molar-refractivity contribution is 5.90. The van der Waals surface area contributed by atoms with Crippen LogP contribution in [0.2, 0.25) is 0 Å². The van der Waals surface area contributed by atoms with Gasteiger partial charge in [-0.3, -0.25) is 4.79 Å². The largest absolute Gasteiger partial charge is 0.352 e. The van der Waals surface area contributed by atoms with Crippen molar-refractivity contribution in [1.29, 1.82) is 5.26 Å². The molecule has 0 spiro atoms. The van der Waals surface area contributed by atoms with Crippen LogP contribution in [0.4, 0.5) is 10.1 Å². The lowest BCUT2D eigenvalue weighted by Gasteiger charge is -2.05. The van der Waals surface area contributed by atoms with E-state index in [1.54, 1.807) is 37.3 Å². The van der Waals surface area contributed by atoms with Crippen LogP contribution in [-0.4, -0.2) is 25.1 Å². The Morgan fingerprint density at radius 2 is 1.87 bits per heavy atom. The van der Waals surface area contributed by atoms with Gasteiger partial charge < -0.3 is 5.32 Å². The molecular formula is C21H15FN6O2. The summed E-state index contributed by atoms with van der Waals surface area (Å²) in [6.45, 7) is 1.45. The maximum atomic E-state index is 13.3. The van der Waals surface area contributed by atoms with Crippen LogP contribution < -0.4 is 11.0 Å². The van der Waals surface area contributed by atoms with Crippen LogP contribution >= 0.6 is 0 Å². The molecule has 2 heterocycles. The number of nitrogens with zero attached hydrogens (tertiary/aromatic N) is 5. The standard InChI is InChI=1S/C21H15FN6O2/c1-13-10-18-26-27(12-19(29)25-17-8-2-14(11-23)3-9-17)21(30)28(18)20(24-13)15-4-6-16(22)7-5-15/h2-10H,12H2,1H3,(H,25,29). The first-order chi connectivity index (χ1) is 14.4. The molecule has 2 aromatic heterocycles. The molecule has 30 heavy (non-hydrogen) atoms. The second kappa shape index (κ2) is 7.60. The third-order valence-electron chi connectivity index (χ3n) is 4.39. The summed E-state index contributed by atoms with van der Waals surface area (Å²) in [6, 6.07) is 15.6. The SMILES string of the molecule is Cc1cc2nn(CC(=O)Nc3ccc(C#N)cc3)c(=O)n2c(-c2ccc(F)cc2)n1. The van der Waals surface area contributed by atoms with Gasteiger partial charge in [-0.2, -0.15) is 5.26 Å². The van der Waals surface area contributed by atoms with Crippen LogP contribution in [0.1, 0.15) is 11.3 Å². The van der Waals surface area contributed by atoms with Gasteiger partial charge in [0.2, 0.25) is 5.91 Å². The molecule has 0 aliphatic heterocycles. The predicted octanol–water partition coefficient (Wildman–Crippen LogP) is 2.52. The highest BCUT2D eigenvalue weighted by Gasteiger charge is 2.16. The number of fused-ring (bicyclic) bond motifs is 1. The van der Waals surface area contributed by atoms with Gasteiger partial charge in [0.05, 0.1) is 11.6 Å². The molecule has 0 radical (unpaired) electrons. The highest BCUT2D eigenvalue weighted by atomic mass is 19.1. The van der Waals surface area contributed by atoms with Crippen molar-refractivity contribution in [2.24, 2.45) is 0 Å². The van der Waals surface area contributed by atoms with Crippen molar-refractivity contribution >= 4 is 17.2 Å². The Labute approximate surface area is 169 Å². The fourth-order valence-electron chi connectivity index (χ4n) is 3.01. The zero-order chi connectivity index (χ0) is 21.3. The lowest BCUT2D eigenvalue weighted by molar-refractivity contribution is -0.117. The number of anilines is 1. The quantitative estimate of drug-likeness (QED) is 0.565. The molecule has 0 saturated heterocycles. The van der Waals surface area contributed by atoms with Crippen molar-refractivity contribution in [3.63, 3.8) is 0 Å². The van der Waals surface area contributed by atoms with Gasteiger partial charge >= 0.3 is 5.69 Å². The van der Waals surface area contributed by atoms with Crippen LogP contribution in [0.25, 0.3) is 17.0 Å². The van der Waals surface area contributed by atoms with Crippen LogP contribution in [0.3, 0.4) is 0 Å². The predicted molar refractivity (Wildman–Crippen MR) is 107 cm³/mol.